The third-order valence-electron chi connectivity index (χ3n) is 3.71. The van der Waals surface area contributed by atoms with Gasteiger partial charge in [-0.2, -0.15) is 15.8 Å². The van der Waals surface area contributed by atoms with Gasteiger partial charge in [-0.3, -0.25) is 0 Å². The number of allylic oxidation sites excluding steroid dienone is 2. The number of rotatable bonds is 5. The smallest absolute Gasteiger partial charge is 0.148 e. The van der Waals surface area contributed by atoms with Crippen molar-refractivity contribution in [2.75, 3.05) is 18.0 Å². The van der Waals surface area contributed by atoms with Crippen molar-refractivity contribution in [1.29, 1.82) is 15.8 Å². The lowest BCUT2D eigenvalue weighted by Crippen LogP contribution is -2.20. The van der Waals surface area contributed by atoms with Gasteiger partial charge in [0.2, 0.25) is 0 Å². The van der Waals surface area contributed by atoms with Crippen LogP contribution in [0.4, 0.5) is 5.00 Å². The predicted molar refractivity (Wildman–Crippen MR) is 97.1 cm³/mol. The summed E-state index contributed by atoms with van der Waals surface area (Å²) >= 11 is 1.72. The van der Waals surface area contributed by atoms with Gasteiger partial charge in [0.05, 0.1) is 10.6 Å². The molecule has 1 aromatic heterocycles. The molecule has 24 heavy (non-hydrogen) atoms. The van der Waals surface area contributed by atoms with E-state index in [4.69, 9.17) is 10.5 Å². The molecule has 0 aliphatic rings. The average molecular weight is 332 g/mol. The van der Waals surface area contributed by atoms with Gasteiger partial charge in [-0.15, -0.1) is 11.3 Å². The van der Waals surface area contributed by atoms with Gasteiger partial charge in [0.1, 0.15) is 23.8 Å². The molecule has 4 nitrogen and oxygen atoms in total. The van der Waals surface area contributed by atoms with Gasteiger partial charge >= 0.3 is 0 Å². The molecule has 0 aliphatic heterocycles. The summed E-state index contributed by atoms with van der Waals surface area (Å²) in [6.45, 7) is 6.21. The van der Waals surface area contributed by atoms with Crippen molar-refractivity contribution in [2.24, 2.45) is 0 Å². The van der Waals surface area contributed by atoms with Crippen LogP contribution in [0.3, 0.4) is 0 Å². The average Bonchev–Trinajstić information content (AvgIpc) is 3.11. The van der Waals surface area contributed by atoms with Crippen LogP contribution >= 0.6 is 11.3 Å². The second-order valence-corrected chi connectivity index (χ2v) is 6.04. The molecule has 0 saturated heterocycles. The maximum absolute atomic E-state index is 9.20. The highest BCUT2D eigenvalue weighted by atomic mass is 32.1. The van der Waals surface area contributed by atoms with E-state index in [9.17, 15) is 5.26 Å². The molecule has 0 unspecified atom stereocenters. The van der Waals surface area contributed by atoms with E-state index in [2.05, 4.69) is 30.9 Å². The molecular weight excluding hydrogens is 316 g/mol. The van der Waals surface area contributed by atoms with E-state index in [1.807, 2.05) is 18.2 Å². The van der Waals surface area contributed by atoms with E-state index >= 15 is 0 Å². The van der Waals surface area contributed by atoms with Crippen LogP contribution in [0.25, 0.3) is 16.0 Å². The first-order valence-electron chi connectivity index (χ1n) is 7.58. The molecule has 0 amide bonds. The fraction of sp³-hybridized carbons (Fsp3) is 0.211. The summed E-state index contributed by atoms with van der Waals surface area (Å²) in [6, 6.07) is 17.1. The molecular formula is C19H16N4S. The van der Waals surface area contributed by atoms with E-state index in [1.54, 1.807) is 35.6 Å². The number of hydrogen-bond donors (Lipinski definition) is 0. The first-order valence-corrected chi connectivity index (χ1v) is 8.40. The second kappa shape index (κ2) is 7.97. The summed E-state index contributed by atoms with van der Waals surface area (Å²) in [7, 11) is 0. The molecule has 0 N–H and O–H groups in total. The molecule has 2 rings (SSSR count). The summed E-state index contributed by atoms with van der Waals surface area (Å²) in [4.78, 5) is 3.44. The first-order chi connectivity index (χ1) is 11.7. The predicted octanol–water partition coefficient (Wildman–Crippen LogP) is 4.59. The van der Waals surface area contributed by atoms with Gasteiger partial charge in [0.25, 0.3) is 0 Å². The number of hydrogen-bond acceptors (Lipinski definition) is 5. The molecule has 118 valence electrons. The van der Waals surface area contributed by atoms with Crippen LogP contribution in [0.2, 0.25) is 0 Å². The third kappa shape index (κ3) is 3.46. The van der Waals surface area contributed by atoms with Gasteiger partial charge in [-0.1, -0.05) is 24.3 Å². The van der Waals surface area contributed by atoms with E-state index in [0.29, 0.717) is 5.56 Å². The zero-order chi connectivity index (χ0) is 17.5. The Morgan fingerprint density at radius 1 is 0.917 bits per heavy atom. The van der Waals surface area contributed by atoms with E-state index in [-0.39, 0.29) is 11.1 Å². The number of nitrogens with zero attached hydrogens (tertiary/aromatic N) is 4. The molecule has 0 radical (unpaired) electrons. The Balaban J connectivity index is 2.35. The van der Waals surface area contributed by atoms with Crippen molar-refractivity contribution in [3.63, 3.8) is 0 Å². The lowest BCUT2D eigenvalue weighted by Gasteiger charge is -2.18. The highest BCUT2D eigenvalue weighted by Crippen LogP contribution is 2.34. The molecule has 1 heterocycles. The van der Waals surface area contributed by atoms with Crippen LogP contribution in [0.1, 0.15) is 19.4 Å². The van der Waals surface area contributed by atoms with Gasteiger partial charge < -0.3 is 4.90 Å². The standard InChI is InChI=1S/C19H16N4S/c1-3-23(4-2)19-10-9-18(24-19)15-7-5-14(6-8-15)17(13-22)16(11-20)12-21/h5-10H,3-4H2,1-2H3. The van der Waals surface area contributed by atoms with Gasteiger partial charge in [-0.05, 0) is 37.1 Å². The molecule has 0 atom stereocenters. The summed E-state index contributed by atoms with van der Waals surface area (Å²) in [6.07, 6.45) is 0. The summed E-state index contributed by atoms with van der Waals surface area (Å²) < 4.78 is 0. The Labute approximate surface area is 146 Å². The fourth-order valence-corrected chi connectivity index (χ4v) is 3.53. The zero-order valence-electron chi connectivity index (χ0n) is 13.6. The third-order valence-corrected chi connectivity index (χ3v) is 4.91. The molecule has 0 bridgehead atoms. The molecule has 0 saturated carbocycles. The molecule has 0 spiro atoms. The Morgan fingerprint density at radius 3 is 2.04 bits per heavy atom. The van der Waals surface area contributed by atoms with Crippen molar-refractivity contribution in [3.8, 4) is 28.6 Å². The van der Waals surface area contributed by atoms with Crippen LogP contribution in [0, 0.1) is 34.0 Å². The van der Waals surface area contributed by atoms with Crippen LogP contribution < -0.4 is 4.90 Å². The second-order valence-electron chi connectivity index (χ2n) is 4.97. The van der Waals surface area contributed by atoms with Crippen molar-refractivity contribution >= 4 is 21.9 Å². The minimum absolute atomic E-state index is 0.113. The minimum atomic E-state index is -0.162. The van der Waals surface area contributed by atoms with Crippen LogP contribution in [0.5, 0.6) is 0 Å². The SMILES string of the molecule is CCN(CC)c1ccc(-c2ccc(C(C#N)=C(C#N)C#N)cc2)s1. The van der Waals surface area contributed by atoms with Gasteiger partial charge in [0.15, 0.2) is 0 Å². The Morgan fingerprint density at radius 2 is 1.54 bits per heavy atom. The summed E-state index contributed by atoms with van der Waals surface area (Å²) in [5, 5.41) is 28.3. The zero-order valence-corrected chi connectivity index (χ0v) is 14.4. The first kappa shape index (κ1) is 17.3. The Hall–Kier alpha value is -3.07. The Kier molecular flexibility index (Phi) is 5.74. The minimum Gasteiger partial charge on any atom is -0.364 e. The normalized spacial score (nSPS) is 9.46. The summed E-state index contributed by atoms with van der Waals surface area (Å²) in [5.41, 5.74) is 1.58. The van der Waals surface area contributed by atoms with Crippen molar-refractivity contribution in [1.82, 2.24) is 0 Å². The van der Waals surface area contributed by atoms with E-state index in [0.717, 1.165) is 23.5 Å². The number of anilines is 1. The fourth-order valence-electron chi connectivity index (χ4n) is 2.39. The van der Waals surface area contributed by atoms with Crippen molar-refractivity contribution in [2.45, 2.75) is 13.8 Å². The molecule has 1 aromatic carbocycles. The topological polar surface area (TPSA) is 74.6 Å². The lowest BCUT2D eigenvalue weighted by atomic mass is 10.0. The molecule has 0 fully saturated rings. The quantitative estimate of drug-likeness (QED) is 0.751. The van der Waals surface area contributed by atoms with Crippen molar-refractivity contribution in [3.05, 3.63) is 47.5 Å². The van der Waals surface area contributed by atoms with E-state index < -0.39 is 0 Å². The molecule has 2 aromatic rings. The highest BCUT2D eigenvalue weighted by molar-refractivity contribution is 7.19. The molecule has 0 aliphatic carbocycles. The number of thiophene rings is 1. The van der Waals surface area contributed by atoms with Gasteiger partial charge in [-0.25, -0.2) is 0 Å². The van der Waals surface area contributed by atoms with E-state index in [1.165, 1.54) is 5.00 Å². The van der Waals surface area contributed by atoms with Gasteiger partial charge in [0, 0.05) is 18.0 Å². The highest BCUT2D eigenvalue weighted by Gasteiger charge is 2.11. The maximum Gasteiger partial charge on any atom is 0.148 e. The molecule has 5 heteroatoms. The van der Waals surface area contributed by atoms with Crippen LogP contribution in [-0.4, -0.2) is 13.1 Å². The monoisotopic (exact) mass is 332 g/mol. The lowest BCUT2D eigenvalue weighted by molar-refractivity contribution is 0.876. The van der Waals surface area contributed by atoms with Crippen LogP contribution in [-0.2, 0) is 0 Å². The maximum atomic E-state index is 9.20. The number of nitriles is 3. The largest absolute Gasteiger partial charge is 0.364 e. The van der Waals surface area contributed by atoms with Crippen LogP contribution in [0.15, 0.2) is 42.0 Å². The summed E-state index contributed by atoms with van der Waals surface area (Å²) in [5.74, 6) is 0. The van der Waals surface area contributed by atoms with Crippen molar-refractivity contribution < 1.29 is 0 Å². The number of benzene rings is 1. The Bertz CT molecular complexity index is 850.